The molecule has 2 heterocycles. The summed E-state index contributed by atoms with van der Waals surface area (Å²) < 4.78 is 6.15. The van der Waals surface area contributed by atoms with Crippen molar-refractivity contribution in [3.05, 3.63) is 57.1 Å². The number of fused-ring (bicyclic) bond motifs is 1. The predicted molar refractivity (Wildman–Crippen MR) is 85.5 cm³/mol. The Morgan fingerprint density at radius 3 is 2.71 bits per heavy atom. The standard InChI is InChI=1S/C16H12O3S2/c1-10-12-4-2-3-5-14(12)21-15(10)13(17)8-19-16(18)11-6-7-20-9-11/h2-7,9H,8H2,1H3. The lowest BCUT2D eigenvalue weighted by molar-refractivity contribution is 0.0476. The summed E-state index contributed by atoms with van der Waals surface area (Å²) in [5.41, 5.74) is 1.44. The molecule has 0 radical (unpaired) electrons. The molecule has 0 unspecified atom stereocenters. The number of thiophene rings is 2. The van der Waals surface area contributed by atoms with Crippen LogP contribution in [-0.4, -0.2) is 18.4 Å². The van der Waals surface area contributed by atoms with Crippen LogP contribution in [0.15, 0.2) is 41.1 Å². The summed E-state index contributed by atoms with van der Waals surface area (Å²) in [6.07, 6.45) is 0. The Morgan fingerprint density at radius 2 is 2.00 bits per heavy atom. The highest BCUT2D eigenvalue weighted by Gasteiger charge is 2.17. The van der Waals surface area contributed by atoms with Crippen LogP contribution in [0.25, 0.3) is 10.1 Å². The van der Waals surface area contributed by atoms with E-state index in [0.717, 1.165) is 15.6 Å². The minimum atomic E-state index is -0.455. The molecule has 0 aliphatic carbocycles. The van der Waals surface area contributed by atoms with Gasteiger partial charge in [-0.3, -0.25) is 4.79 Å². The number of carbonyl (C=O) groups is 2. The van der Waals surface area contributed by atoms with Crippen molar-refractivity contribution in [3.8, 4) is 0 Å². The van der Waals surface area contributed by atoms with Crippen LogP contribution in [0.1, 0.15) is 25.6 Å². The van der Waals surface area contributed by atoms with Crippen LogP contribution >= 0.6 is 22.7 Å². The van der Waals surface area contributed by atoms with Crippen molar-refractivity contribution in [1.82, 2.24) is 0 Å². The van der Waals surface area contributed by atoms with Crippen molar-refractivity contribution in [2.24, 2.45) is 0 Å². The summed E-state index contributed by atoms with van der Waals surface area (Å²) in [4.78, 5) is 24.6. The molecule has 0 saturated heterocycles. The van der Waals surface area contributed by atoms with Crippen molar-refractivity contribution in [2.45, 2.75) is 6.92 Å². The third kappa shape index (κ3) is 2.75. The molecule has 2 aromatic heterocycles. The van der Waals surface area contributed by atoms with E-state index in [1.54, 1.807) is 16.8 Å². The Morgan fingerprint density at radius 1 is 1.19 bits per heavy atom. The molecular weight excluding hydrogens is 304 g/mol. The molecule has 0 N–H and O–H groups in total. The van der Waals surface area contributed by atoms with Crippen molar-refractivity contribution in [3.63, 3.8) is 0 Å². The number of benzene rings is 1. The predicted octanol–water partition coefficient (Wildman–Crippen LogP) is 4.31. The van der Waals surface area contributed by atoms with Gasteiger partial charge in [-0.1, -0.05) is 18.2 Å². The van der Waals surface area contributed by atoms with Crippen LogP contribution in [0.5, 0.6) is 0 Å². The first-order chi connectivity index (χ1) is 10.2. The Labute approximate surface area is 129 Å². The summed E-state index contributed by atoms with van der Waals surface area (Å²) in [6.45, 7) is 1.70. The molecule has 1 aromatic carbocycles. The number of carbonyl (C=O) groups excluding carboxylic acids is 2. The van der Waals surface area contributed by atoms with Gasteiger partial charge in [-0.2, -0.15) is 11.3 Å². The van der Waals surface area contributed by atoms with Crippen LogP contribution < -0.4 is 0 Å². The normalized spacial score (nSPS) is 10.7. The maximum Gasteiger partial charge on any atom is 0.339 e. The monoisotopic (exact) mass is 316 g/mol. The average Bonchev–Trinajstić information content (AvgIpc) is 3.13. The molecule has 0 aliphatic rings. The number of hydrogen-bond donors (Lipinski definition) is 0. The van der Waals surface area contributed by atoms with E-state index in [1.807, 2.05) is 31.2 Å². The maximum absolute atomic E-state index is 12.2. The SMILES string of the molecule is Cc1c(C(=O)COC(=O)c2ccsc2)sc2ccccc12. The smallest absolute Gasteiger partial charge is 0.339 e. The molecular formula is C16H12O3S2. The minimum absolute atomic E-state index is 0.155. The lowest BCUT2D eigenvalue weighted by Gasteiger charge is -2.02. The Bertz CT molecular complexity index is 800. The molecule has 3 rings (SSSR count). The molecule has 0 aliphatic heterocycles. The largest absolute Gasteiger partial charge is 0.454 e. The van der Waals surface area contributed by atoms with Crippen molar-refractivity contribution in [1.29, 1.82) is 0 Å². The van der Waals surface area contributed by atoms with Gasteiger partial charge in [-0.05, 0) is 35.4 Å². The zero-order chi connectivity index (χ0) is 14.8. The fourth-order valence-electron chi connectivity index (χ4n) is 2.10. The highest BCUT2D eigenvalue weighted by atomic mass is 32.1. The highest BCUT2D eigenvalue weighted by molar-refractivity contribution is 7.21. The number of ketones is 1. The summed E-state index contributed by atoms with van der Waals surface area (Å²) in [7, 11) is 0. The molecule has 106 valence electrons. The van der Waals surface area contributed by atoms with E-state index in [-0.39, 0.29) is 12.4 Å². The van der Waals surface area contributed by atoms with Crippen LogP contribution in [-0.2, 0) is 4.74 Å². The van der Waals surface area contributed by atoms with Gasteiger partial charge in [0.25, 0.3) is 0 Å². The second kappa shape index (κ2) is 5.79. The number of ether oxygens (including phenoxy) is 1. The third-order valence-electron chi connectivity index (χ3n) is 3.19. The van der Waals surface area contributed by atoms with E-state index in [2.05, 4.69) is 0 Å². The number of hydrogen-bond acceptors (Lipinski definition) is 5. The van der Waals surface area contributed by atoms with E-state index in [0.29, 0.717) is 10.4 Å². The lowest BCUT2D eigenvalue weighted by Crippen LogP contribution is -2.13. The van der Waals surface area contributed by atoms with Gasteiger partial charge in [0.05, 0.1) is 10.4 Å². The van der Waals surface area contributed by atoms with E-state index < -0.39 is 5.97 Å². The number of esters is 1. The first kappa shape index (κ1) is 14.0. The van der Waals surface area contributed by atoms with Gasteiger partial charge >= 0.3 is 5.97 Å². The van der Waals surface area contributed by atoms with Gasteiger partial charge in [0, 0.05) is 10.1 Å². The number of aryl methyl sites for hydroxylation is 1. The molecule has 0 atom stereocenters. The Balaban J connectivity index is 1.75. The second-order valence-corrected chi connectivity index (χ2v) is 6.40. The van der Waals surface area contributed by atoms with Crippen molar-refractivity contribution < 1.29 is 14.3 Å². The van der Waals surface area contributed by atoms with Gasteiger partial charge < -0.3 is 4.74 Å². The zero-order valence-corrected chi connectivity index (χ0v) is 12.9. The van der Waals surface area contributed by atoms with E-state index in [9.17, 15) is 9.59 Å². The summed E-state index contributed by atoms with van der Waals surface area (Å²) in [5, 5.41) is 4.58. The average molecular weight is 316 g/mol. The summed E-state index contributed by atoms with van der Waals surface area (Å²) in [6, 6.07) is 9.56. The van der Waals surface area contributed by atoms with E-state index in [4.69, 9.17) is 4.74 Å². The molecule has 0 amide bonds. The van der Waals surface area contributed by atoms with Gasteiger partial charge in [0.2, 0.25) is 5.78 Å². The summed E-state index contributed by atoms with van der Waals surface area (Å²) in [5.74, 6) is -0.611. The van der Waals surface area contributed by atoms with Crippen molar-refractivity contribution >= 4 is 44.5 Å². The Kier molecular flexibility index (Phi) is 3.86. The van der Waals surface area contributed by atoms with Crippen LogP contribution in [0.4, 0.5) is 0 Å². The molecule has 3 aromatic rings. The number of Topliss-reactive ketones (excluding diaryl/α,β-unsaturated/α-hetero) is 1. The molecule has 3 nitrogen and oxygen atoms in total. The maximum atomic E-state index is 12.2. The number of rotatable bonds is 4. The zero-order valence-electron chi connectivity index (χ0n) is 11.3. The van der Waals surface area contributed by atoms with Crippen LogP contribution in [0.2, 0.25) is 0 Å². The molecule has 0 saturated carbocycles. The van der Waals surface area contributed by atoms with Gasteiger partial charge in [0.1, 0.15) is 0 Å². The lowest BCUT2D eigenvalue weighted by atomic mass is 10.1. The molecule has 0 bridgehead atoms. The summed E-state index contributed by atoms with van der Waals surface area (Å²) >= 11 is 2.86. The van der Waals surface area contributed by atoms with Crippen LogP contribution in [0.3, 0.4) is 0 Å². The van der Waals surface area contributed by atoms with E-state index >= 15 is 0 Å². The van der Waals surface area contributed by atoms with E-state index in [1.165, 1.54) is 22.7 Å². The first-order valence-electron chi connectivity index (χ1n) is 6.37. The van der Waals surface area contributed by atoms with Crippen molar-refractivity contribution in [2.75, 3.05) is 6.61 Å². The quantitative estimate of drug-likeness (QED) is 0.532. The molecule has 21 heavy (non-hydrogen) atoms. The molecule has 0 fully saturated rings. The van der Waals surface area contributed by atoms with Gasteiger partial charge in [-0.15, -0.1) is 11.3 Å². The van der Waals surface area contributed by atoms with Gasteiger partial charge in [0.15, 0.2) is 6.61 Å². The fraction of sp³-hybridized carbons (Fsp3) is 0.125. The second-order valence-electron chi connectivity index (χ2n) is 4.56. The molecule has 0 spiro atoms. The highest BCUT2D eigenvalue weighted by Crippen LogP contribution is 2.30. The van der Waals surface area contributed by atoms with Gasteiger partial charge in [-0.25, -0.2) is 4.79 Å². The Hall–Kier alpha value is -1.98. The third-order valence-corrected chi connectivity index (χ3v) is 5.19. The topological polar surface area (TPSA) is 43.4 Å². The van der Waals surface area contributed by atoms with Crippen LogP contribution in [0, 0.1) is 6.92 Å². The minimum Gasteiger partial charge on any atom is -0.454 e. The fourth-order valence-corrected chi connectivity index (χ4v) is 3.86. The molecule has 5 heteroatoms. The first-order valence-corrected chi connectivity index (χ1v) is 8.13.